The third-order valence-corrected chi connectivity index (χ3v) is 3.48. The lowest BCUT2D eigenvalue weighted by atomic mass is 10.1. The van der Waals surface area contributed by atoms with Crippen LogP contribution in [0, 0.1) is 5.92 Å². The SMILES string of the molecule is CC(C)C1O[C@H](c2ccc(Cl)cc2Cl)[C@@H](CO)O1. The van der Waals surface area contributed by atoms with Crippen LogP contribution in [0.5, 0.6) is 0 Å². The van der Waals surface area contributed by atoms with Crippen LogP contribution < -0.4 is 0 Å². The standard InChI is InChI=1S/C13H16Cl2O3/c1-7(2)13-17-11(6-16)12(18-13)9-4-3-8(14)5-10(9)15/h3-5,7,11-13,16H,6H2,1-2H3/t11-,12-,13?/m1/s1. The summed E-state index contributed by atoms with van der Waals surface area (Å²) in [5.74, 6) is 0.218. The number of ether oxygens (including phenoxy) is 2. The molecule has 1 heterocycles. The number of halogens is 2. The summed E-state index contributed by atoms with van der Waals surface area (Å²) in [7, 11) is 0. The summed E-state index contributed by atoms with van der Waals surface area (Å²) in [6.45, 7) is 3.91. The Labute approximate surface area is 117 Å². The van der Waals surface area contributed by atoms with E-state index in [1.54, 1.807) is 12.1 Å². The van der Waals surface area contributed by atoms with Gasteiger partial charge in [0.05, 0.1) is 6.61 Å². The van der Waals surface area contributed by atoms with Crippen LogP contribution in [0.2, 0.25) is 10.0 Å². The molecule has 3 atom stereocenters. The molecule has 1 saturated heterocycles. The predicted octanol–water partition coefficient (Wildman–Crippen LogP) is 3.42. The second-order valence-electron chi connectivity index (χ2n) is 4.69. The first kappa shape index (κ1) is 14.1. The minimum Gasteiger partial charge on any atom is -0.394 e. The van der Waals surface area contributed by atoms with E-state index in [-0.39, 0.29) is 24.9 Å². The number of hydrogen-bond acceptors (Lipinski definition) is 3. The average molecular weight is 291 g/mol. The van der Waals surface area contributed by atoms with Crippen molar-refractivity contribution in [3.8, 4) is 0 Å². The summed E-state index contributed by atoms with van der Waals surface area (Å²) in [5, 5.41) is 10.5. The van der Waals surface area contributed by atoms with Crippen LogP contribution >= 0.6 is 23.2 Å². The summed E-state index contributed by atoms with van der Waals surface area (Å²) < 4.78 is 11.5. The molecule has 1 N–H and O–H groups in total. The van der Waals surface area contributed by atoms with Crippen molar-refractivity contribution >= 4 is 23.2 Å². The molecule has 1 unspecified atom stereocenters. The molecule has 0 bridgehead atoms. The Morgan fingerprint density at radius 2 is 2.00 bits per heavy atom. The molecule has 2 rings (SSSR count). The minimum absolute atomic E-state index is 0.104. The maximum Gasteiger partial charge on any atom is 0.161 e. The van der Waals surface area contributed by atoms with E-state index in [1.165, 1.54) is 0 Å². The lowest BCUT2D eigenvalue weighted by Gasteiger charge is -2.16. The van der Waals surface area contributed by atoms with Crippen LogP contribution in [0.25, 0.3) is 0 Å². The van der Waals surface area contributed by atoms with Gasteiger partial charge in [0.2, 0.25) is 0 Å². The Hall–Kier alpha value is -0.320. The van der Waals surface area contributed by atoms with Gasteiger partial charge in [-0.15, -0.1) is 0 Å². The second-order valence-corrected chi connectivity index (χ2v) is 5.54. The number of aliphatic hydroxyl groups excluding tert-OH is 1. The largest absolute Gasteiger partial charge is 0.394 e. The van der Waals surface area contributed by atoms with E-state index >= 15 is 0 Å². The molecule has 0 radical (unpaired) electrons. The van der Waals surface area contributed by atoms with E-state index in [2.05, 4.69) is 0 Å². The topological polar surface area (TPSA) is 38.7 Å². The fraction of sp³-hybridized carbons (Fsp3) is 0.538. The molecule has 0 aliphatic carbocycles. The number of rotatable bonds is 3. The molecule has 1 aromatic carbocycles. The highest BCUT2D eigenvalue weighted by Crippen LogP contribution is 2.38. The summed E-state index contributed by atoms with van der Waals surface area (Å²) >= 11 is 12.0. The normalized spacial score (nSPS) is 28.0. The van der Waals surface area contributed by atoms with E-state index in [9.17, 15) is 5.11 Å². The molecule has 0 spiro atoms. The zero-order valence-electron chi connectivity index (χ0n) is 10.3. The van der Waals surface area contributed by atoms with Gasteiger partial charge < -0.3 is 14.6 Å². The van der Waals surface area contributed by atoms with Crippen molar-refractivity contribution in [3.05, 3.63) is 33.8 Å². The van der Waals surface area contributed by atoms with Crippen molar-refractivity contribution in [2.24, 2.45) is 5.92 Å². The monoisotopic (exact) mass is 290 g/mol. The average Bonchev–Trinajstić information content (AvgIpc) is 2.73. The minimum atomic E-state index is -0.393. The molecular formula is C13H16Cl2O3. The maximum absolute atomic E-state index is 9.37. The van der Waals surface area contributed by atoms with Gasteiger partial charge in [-0.1, -0.05) is 43.1 Å². The Morgan fingerprint density at radius 1 is 1.28 bits per heavy atom. The van der Waals surface area contributed by atoms with Gasteiger partial charge in [-0.3, -0.25) is 0 Å². The summed E-state index contributed by atoms with van der Waals surface area (Å²) in [6, 6.07) is 5.23. The van der Waals surface area contributed by atoms with Gasteiger partial charge in [-0.05, 0) is 12.1 Å². The van der Waals surface area contributed by atoms with Gasteiger partial charge in [0.15, 0.2) is 6.29 Å². The van der Waals surface area contributed by atoms with Crippen molar-refractivity contribution in [1.29, 1.82) is 0 Å². The zero-order chi connectivity index (χ0) is 13.3. The molecule has 0 amide bonds. The van der Waals surface area contributed by atoms with Crippen LogP contribution in [0.15, 0.2) is 18.2 Å². The number of aliphatic hydroxyl groups is 1. The molecule has 1 aromatic rings. The Morgan fingerprint density at radius 3 is 2.56 bits per heavy atom. The highest BCUT2D eigenvalue weighted by atomic mass is 35.5. The van der Waals surface area contributed by atoms with E-state index in [1.807, 2.05) is 19.9 Å². The Kier molecular flexibility index (Phi) is 4.51. The van der Waals surface area contributed by atoms with E-state index in [0.29, 0.717) is 10.0 Å². The highest BCUT2D eigenvalue weighted by molar-refractivity contribution is 6.35. The van der Waals surface area contributed by atoms with E-state index in [0.717, 1.165) is 5.56 Å². The molecule has 18 heavy (non-hydrogen) atoms. The zero-order valence-corrected chi connectivity index (χ0v) is 11.8. The fourth-order valence-electron chi connectivity index (χ4n) is 1.97. The molecule has 5 heteroatoms. The molecule has 1 fully saturated rings. The predicted molar refractivity (Wildman–Crippen MR) is 70.9 cm³/mol. The molecule has 1 aliphatic heterocycles. The molecule has 3 nitrogen and oxygen atoms in total. The molecular weight excluding hydrogens is 275 g/mol. The van der Waals surface area contributed by atoms with Crippen molar-refractivity contribution in [3.63, 3.8) is 0 Å². The van der Waals surface area contributed by atoms with Gasteiger partial charge in [-0.2, -0.15) is 0 Å². The van der Waals surface area contributed by atoms with Gasteiger partial charge in [0.25, 0.3) is 0 Å². The second kappa shape index (κ2) is 5.76. The van der Waals surface area contributed by atoms with Gasteiger partial charge in [-0.25, -0.2) is 0 Å². The van der Waals surface area contributed by atoms with Crippen molar-refractivity contribution in [1.82, 2.24) is 0 Å². The quantitative estimate of drug-likeness (QED) is 0.927. The van der Waals surface area contributed by atoms with Crippen molar-refractivity contribution in [2.75, 3.05) is 6.61 Å². The number of benzene rings is 1. The van der Waals surface area contributed by atoms with Crippen LogP contribution in [0.3, 0.4) is 0 Å². The summed E-state index contributed by atoms with van der Waals surface area (Å²) in [5.41, 5.74) is 0.795. The maximum atomic E-state index is 9.37. The lowest BCUT2D eigenvalue weighted by molar-refractivity contribution is -0.0992. The van der Waals surface area contributed by atoms with Gasteiger partial charge in [0.1, 0.15) is 12.2 Å². The van der Waals surface area contributed by atoms with E-state index in [4.69, 9.17) is 32.7 Å². The Balaban J connectivity index is 2.25. The highest BCUT2D eigenvalue weighted by Gasteiger charge is 2.38. The Bertz CT molecular complexity index is 423. The number of hydrogen-bond donors (Lipinski definition) is 1. The van der Waals surface area contributed by atoms with Gasteiger partial charge >= 0.3 is 0 Å². The van der Waals surface area contributed by atoms with Gasteiger partial charge in [0, 0.05) is 21.5 Å². The van der Waals surface area contributed by atoms with E-state index < -0.39 is 6.10 Å². The summed E-state index contributed by atoms with van der Waals surface area (Å²) in [6.07, 6.45) is -1.07. The van der Waals surface area contributed by atoms with Crippen molar-refractivity contribution in [2.45, 2.75) is 32.3 Å². The van der Waals surface area contributed by atoms with Crippen LogP contribution in [-0.4, -0.2) is 24.1 Å². The smallest absolute Gasteiger partial charge is 0.161 e. The first-order valence-corrected chi connectivity index (χ1v) is 6.65. The van der Waals surface area contributed by atoms with Crippen LogP contribution in [0.1, 0.15) is 25.5 Å². The molecule has 100 valence electrons. The van der Waals surface area contributed by atoms with Crippen molar-refractivity contribution < 1.29 is 14.6 Å². The molecule has 1 aliphatic rings. The molecule has 0 aromatic heterocycles. The van der Waals surface area contributed by atoms with Crippen LogP contribution in [0.4, 0.5) is 0 Å². The van der Waals surface area contributed by atoms with Crippen LogP contribution in [-0.2, 0) is 9.47 Å². The molecule has 0 saturated carbocycles. The lowest BCUT2D eigenvalue weighted by Crippen LogP contribution is -2.21. The summed E-state index contributed by atoms with van der Waals surface area (Å²) in [4.78, 5) is 0. The first-order valence-electron chi connectivity index (χ1n) is 5.89. The third-order valence-electron chi connectivity index (χ3n) is 2.92. The third kappa shape index (κ3) is 2.81. The fourth-order valence-corrected chi connectivity index (χ4v) is 2.48. The first-order chi connectivity index (χ1) is 8.52.